The number of hydrogen-bond donors (Lipinski definition) is 0. The van der Waals surface area contributed by atoms with Gasteiger partial charge in [0.25, 0.3) is 0 Å². The fourth-order valence-electron chi connectivity index (χ4n) is 2.14. The van der Waals surface area contributed by atoms with Gasteiger partial charge in [0.2, 0.25) is 0 Å². The van der Waals surface area contributed by atoms with E-state index in [1.807, 2.05) is 43.1 Å². The molecule has 0 aromatic heterocycles. The summed E-state index contributed by atoms with van der Waals surface area (Å²) in [5, 5.41) is 0.664. The molecule has 2 aromatic carbocycles. The SMILES string of the molecule is CC(c1cccc(Cl)c1)N(C)c1ccc(F)cc1C=O. The molecule has 0 aliphatic carbocycles. The molecule has 2 nitrogen and oxygen atoms in total. The zero-order chi connectivity index (χ0) is 14.7. The summed E-state index contributed by atoms with van der Waals surface area (Å²) in [6.45, 7) is 2.00. The Hall–Kier alpha value is -1.87. The molecule has 4 heteroatoms. The van der Waals surface area contributed by atoms with E-state index in [1.54, 1.807) is 6.07 Å². The van der Waals surface area contributed by atoms with Crippen molar-refractivity contribution in [3.63, 3.8) is 0 Å². The van der Waals surface area contributed by atoms with Crippen LogP contribution < -0.4 is 4.90 Å². The number of halogens is 2. The molecule has 0 bridgehead atoms. The largest absolute Gasteiger partial charge is 0.367 e. The lowest BCUT2D eigenvalue weighted by Crippen LogP contribution is -2.22. The average molecular weight is 292 g/mol. The van der Waals surface area contributed by atoms with Crippen molar-refractivity contribution < 1.29 is 9.18 Å². The van der Waals surface area contributed by atoms with Crippen LogP contribution in [0.1, 0.15) is 28.9 Å². The van der Waals surface area contributed by atoms with Gasteiger partial charge in [-0.2, -0.15) is 0 Å². The van der Waals surface area contributed by atoms with Crippen LogP contribution in [0.5, 0.6) is 0 Å². The van der Waals surface area contributed by atoms with Crippen LogP contribution in [0.4, 0.5) is 10.1 Å². The number of nitrogens with zero attached hydrogens (tertiary/aromatic N) is 1. The maximum absolute atomic E-state index is 13.2. The van der Waals surface area contributed by atoms with Crippen LogP contribution in [0.15, 0.2) is 42.5 Å². The van der Waals surface area contributed by atoms with Gasteiger partial charge in [-0.15, -0.1) is 0 Å². The van der Waals surface area contributed by atoms with Crippen LogP contribution in [0, 0.1) is 5.82 Å². The summed E-state index contributed by atoms with van der Waals surface area (Å²) in [6.07, 6.45) is 0.666. The van der Waals surface area contributed by atoms with Crippen LogP contribution in [-0.4, -0.2) is 13.3 Å². The topological polar surface area (TPSA) is 20.3 Å². The predicted molar refractivity (Wildman–Crippen MR) is 80.1 cm³/mol. The lowest BCUT2D eigenvalue weighted by Gasteiger charge is -2.28. The Bertz CT molecular complexity index is 630. The molecule has 0 saturated heterocycles. The van der Waals surface area contributed by atoms with Crippen molar-refractivity contribution in [3.05, 3.63) is 64.4 Å². The summed E-state index contributed by atoms with van der Waals surface area (Å²) in [4.78, 5) is 13.0. The Balaban J connectivity index is 2.35. The molecule has 0 heterocycles. The molecule has 1 unspecified atom stereocenters. The molecule has 0 saturated carbocycles. The monoisotopic (exact) mass is 291 g/mol. The second-order valence-electron chi connectivity index (χ2n) is 4.66. The molecule has 1 atom stereocenters. The van der Waals surface area contributed by atoms with Gasteiger partial charge in [0.05, 0.1) is 6.04 Å². The minimum Gasteiger partial charge on any atom is -0.367 e. The highest BCUT2D eigenvalue weighted by atomic mass is 35.5. The smallest absolute Gasteiger partial charge is 0.152 e. The number of carbonyl (C=O) groups excluding carboxylic acids is 1. The van der Waals surface area contributed by atoms with Crippen LogP contribution in [-0.2, 0) is 0 Å². The van der Waals surface area contributed by atoms with Crippen molar-refractivity contribution >= 4 is 23.6 Å². The molecule has 0 amide bonds. The Morgan fingerprint density at radius 1 is 1.25 bits per heavy atom. The number of rotatable bonds is 4. The molecule has 0 aliphatic heterocycles. The zero-order valence-electron chi connectivity index (χ0n) is 11.3. The van der Waals surface area contributed by atoms with Crippen LogP contribution in [0.2, 0.25) is 5.02 Å². The Kier molecular flexibility index (Phi) is 4.40. The van der Waals surface area contributed by atoms with Gasteiger partial charge >= 0.3 is 0 Å². The molecule has 0 fully saturated rings. The van der Waals surface area contributed by atoms with Crippen LogP contribution >= 0.6 is 11.6 Å². The van der Waals surface area contributed by atoms with Gasteiger partial charge in [-0.25, -0.2) is 4.39 Å². The summed E-state index contributed by atoms with van der Waals surface area (Å²) in [7, 11) is 1.87. The van der Waals surface area contributed by atoms with Gasteiger partial charge in [-0.3, -0.25) is 4.79 Å². The third-order valence-electron chi connectivity index (χ3n) is 3.41. The quantitative estimate of drug-likeness (QED) is 0.774. The molecule has 0 aliphatic rings. The van der Waals surface area contributed by atoms with Crippen molar-refractivity contribution in [2.45, 2.75) is 13.0 Å². The molecule has 0 radical (unpaired) electrons. The molecule has 0 N–H and O–H groups in total. The lowest BCUT2D eigenvalue weighted by atomic mass is 10.1. The number of carbonyl (C=O) groups is 1. The standard InChI is InChI=1S/C16H15ClFNO/c1-11(12-4-3-5-14(17)8-12)19(2)16-7-6-15(18)9-13(16)10-20/h3-11H,1-2H3. The van der Waals surface area contributed by atoms with E-state index in [1.165, 1.54) is 12.1 Å². The first-order chi connectivity index (χ1) is 9.52. The van der Waals surface area contributed by atoms with Crippen LogP contribution in [0.3, 0.4) is 0 Å². The highest BCUT2D eigenvalue weighted by Crippen LogP contribution is 2.29. The van der Waals surface area contributed by atoms with Crippen molar-refractivity contribution in [3.8, 4) is 0 Å². The maximum atomic E-state index is 13.2. The third-order valence-corrected chi connectivity index (χ3v) is 3.64. The van der Waals surface area contributed by atoms with E-state index in [0.717, 1.165) is 5.56 Å². The summed E-state index contributed by atoms with van der Waals surface area (Å²) in [5.74, 6) is -0.417. The van der Waals surface area contributed by atoms with Gasteiger partial charge in [0, 0.05) is 23.3 Å². The van der Waals surface area contributed by atoms with E-state index in [2.05, 4.69) is 0 Å². The Labute approximate surface area is 122 Å². The van der Waals surface area contributed by atoms with E-state index in [0.29, 0.717) is 22.6 Å². The number of aldehydes is 1. The van der Waals surface area contributed by atoms with E-state index >= 15 is 0 Å². The first-order valence-electron chi connectivity index (χ1n) is 6.26. The van der Waals surface area contributed by atoms with Gasteiger partial charge in [0.15, 0.2) is 6.29 Å². The molecule has 20 heavy (non-hydrogen) atoms. The number of hydrogen-bond acceptors (Lipinski definition) is 2. The highest BCUT2D eigenvalue weighted by Gasteiger charge is 2.16. The summed E-state index contributed by atoms with van der Waals surface area (Å²) in [5.41, 5.74) is 2.05. The van der Waals surface area contributed by atoms with Crippen molar-refractivity contribution in [2.75, 3.05) is 11.9 Å². The molecule has 104 valence electrons. The van der Waals surface area contributed by atoms with E-state index in [4.69, 9.17) is 11.6 Å². The van der Waals surface area contributed by atoms with Gasteiger partial charge in [0.1, 0.15) is 5.82 Å². The first-order valence-corrected chi connectivity index (χ1v) is 6.63. The van der Waals surface area contributed by atoms with E-state index in [9.17, 15) is 9.18 Å². The highest BCUT2D eigenvalue weighted by molar-refractivity contribution is 6.30. The second-order valence-corrected chi connectivity index (χ2v) is 5.10. The third kappa shape index (κ3) is 2.99. The normalized spacial score (nSPS) is 12.0. The molecule has 0 spiro atoms. The van der Waals surface area contributed by atoms with Gasteiger partial charge < -0.3 is 4.90 Å². The Morgan fingerprint density at radius 2 is 2.00 bits per heavy atom. The Morgan fingerprint density at radius 3 is 2.65 bits per heavy atom. The number of benzene rings is 2. The van der Waals surface area contributed by atoms with Crippen LogP contribution in [0.25, 0.3) is 0 Å². The summed E-state index contributed by atoms with van der Waals surface area (Å²) >= 11 is 5.99. The molecular formula is C16H15ClFNO. The van der Waals surface area contributed by atoms with E-state index < -0.39 is 5.82 Å². The fraction of sp³-hybridized carbons (Fsp3) is 0.188. The molecular weight excluding hydrogens is 277 g/mol. The summed E-state index contributed by atoms with van der Waals surface area (Å²) in [6, 6.07) is 11.8. The van der Waals surface area contributed by atoms with Gasteiger partial charge in [-0.1, -0.05) is 23.7 Å². The van der Waals surface area contributed by atoms with Crippen molar-refractivity contribution in [1.29, 1.82) is 0 Å². The molecule has 2 rings (SSSR count). The van der Waals surface area contributed by atoms with E-state index in [-0.39, 0.29) is 6.04 Å². The van der Waals surface area contributed by atoms with Crippen molar-refractivity contribution in [2.24, 2.45) is 0 Å². The molecule has 2 aromatic rings. The number of anilines is 1. The first kappa shape index (κ1) is 14.5. The maximum Gasteiger partial charge on any atom is 0.152 e. The second kappa shape index (κ2) is 6.06. The zero-order valence-corrected chi connectivity index (χ0v) is 12.1. The lowest BCUT2D eigenvalue weighted by molar-refractivity contribution is 0.112. The average Bonchev–Trinajstić information content (AvgIpc) is 2.45. The van der Waals surface area contributed by atoms with Crippen molar-refractivity contribution in [1.82, 2.24) is 0 Å². The summed E-state index contributed by atoms with van der Waals surface area (Å²) < 4.78 is 13.2. The minimum absolute atomic E-state index is 0.0119. The fourth-order valence-corrected chi connectivity index (χ4v) is 2.34. The minimum atomic E-state index is -0.417. The van der Waals surface area contributed by atoms with Gasteiger partial charge in [-0.05, 0) is 42.8 Å². The predicted octanol–water partition coefficient (Wildman–Crippen LogP) is 4.49.